The first kappa shape index (κ1) is 11.0. The molecule has 5 nitrogen and oxygen atoms in total. The normalized spacial score (nSPS) is 11.1. The first-order valence-corrected chi connectivity index (χ1v) is 5.31. The Morgan fingerprint density at radius 2 is 2.25 bits per heavy atom. The minimum Gasteiger partial charge on any atom is -0.383 e. The molecule has 0 unspecified atom stereocenters. The number of aromatic nitrogens is 3. The number of aromatic amines is 1. The van der Waals surface area contributed by atoms with Crippen LogP contribution >= 0.6 is 0 Å². The van der Waals surface area contributed by atoms with Gasteiger partial charge in [0.1, 0.15) is 5.82 Å². The number of fused-ring (bicyclic) bond motifs is 1. The van der Waals surface area contributed by atoms with Crippen LogP contribution in [0, 0.1) is 6.92 Å². The lowest BCUT2D eigenvalue weighted by molar-refractivity contribution is 0.199. The number of imidazole rings is 1. The van der Waals surface area contributed by atoms with Gasteiger partial charge in [0.15, 0.2) is 5.65 Å². The second-order valence-electron chi connectivity index (χ2n) is 3.68. The zero-order valence-corrected chi connectivity index (χ0v) is 9.58. The van der Waals surface area contributed by atoms with Gasteiger partial charge in [-0.25, -0.2) is 9.97 Å². The van der Waals surface area contributed by atoms with E-state index in [0.717, 1.165) is 29.2 Å². The van der Waals surface area contributed by atoms with Crippen LogP contribution in [0.5, 0.6) is 0 Å². The molecule has 2 aromatic rings. The van der Waals surface area contributed by atoms with Gasteiger partial charge >= 0.3 is 0 Å². The third-order valence-corrected chi connectivity index (χ3v) is 2.31. The molecule has 2 heterocycles. The van der Waals surface area contributed by atoms with Crippen molar-refractivity contribution in [3.63, 3.8) is 0 Å². The van der Waals surface area contributed by atoms with E-state index < -0.39 is 0 Å². The van der Waals surface area contributed by atoms with Crippen LogP contribution < -0.4 is 5.32 Å². The Morgan fingerprint density at radius 3 is 3.06 bits per heavy atom. The maximum Gasteiger partial charge on any atom is 0.177 e. The maximum atomic E-state index is 4.95. The summed E-state index contributed by atoms with van der Waals surface area (Å²) in [5.74, 6) is 0.907. The third-order valence-electron chi connectivity index (χ3n) is 2.31. The number of methoxy groups -OCH3 is 1. The highest BCUT2D eigenvalue weighted by atomic mass is 16.5. The van der Waals surface area contributed by atoms with Crippen molar-refractivity contribution in [2.75, 3.05) is 20.3 Å². The average molecular weight is 220 g/mol. The van der Waals surface area contributed by atoms with Crippen molar-refractivity contribution in [3.8, 4) is 0 Å². The maximum absolute atomic E-state index is 4.95. The van der Waals surface area contributed by atoms with E-state index >= 15 is 0 Å². The first-order valence-electron chi connectivity index (χ1n) is 5.31. The van der Waals surface area contributed by atoms with E-state index in [1.807, 2.05) is 19.1 Å². The SMILES string of the molecule is COCCNCc1nc2nc(C)ccc2[nH]1. The topological polar surface area (TPSA) is 62.8 Å². The molecule has 2 rings (SSSR count). The van der Waals surface area contributed by atoms with Gasteiger partial charge in [-0.3, -0.25) is 0 Å². The fraction of sp³-hybridized carbons (Fsp3) is 0.455. The van der Waals surface area contributed by atoms with Crippen LogP contribution in [-0.4, -0.2) is 35.2 Å². The number of hydrogen-bond acceptors (Lipinski definition) is 4. The average Bonchev–Trinajstić information content (AvgIpc) is 2.66. The number of nitrogens with zero attached hydrogens (tertiary/aromatic N) is 2. The van der Waals surface area contributed by atoms with Crippen molar-refractivity contribution in [2.45, 2.75) is 13.5 Å². The Balaban J connectivity index is 2.02. The van der Waals surface area contributed by atoms with Crippen LogP contribution in [0.25, 0.3) is 11.2 Å². The van der Waals surface area contributed by atoms with Gasteiger partial charge in [0.2, 0.25) is 0 Å². The molecule has 0 aromatic carbocycles. The summed E-state index contributed by atoms with van der Waals surface area (Å²) in [5, 5.41) is 3.23. The van der Waals surface area contributed by atoms with Gasteiger partial charge in [-0.2, -0.15) is 0 Å². The number of ether oxygens (including phenoxy) is 1. The standard InChI is InChI=1S/C11H16N4O/c1-8-3-4-9-11(13-8)15-10(14-9)7-12-5-6-16-2/h3-4,12H,5-7H2,1-2H3,(H,13,14,15). The minimum atomic E-state index is 0.706. The van der Waals surface area contributed by atoms with Crippen LogP contribution in [0.3, 0.4) is 0 Å². The lowest BCUT2D eigenvalue weighted by Gasteiger charge is -1.99. The molecule has 0 radical (unpaired) electrons. The molecule has 0 aliphatic rings. The Morgan fingerprint density at radius 1 is 1.38 bits per heavy atom. The van der Waals surface area contributed by atoms with Crippen molar-refractivity contribution >= 4 is 11.2 Å². The van der Waals surface area contributed by atoms with E-state index in [4.69, 9.17) is 4.74 Å². The first-order chi connectivity index (χ1) is 7.79. The molecular formula is C11H16N4O. The van der Waals surface area contributed by atoms with Crippen molar-refractivity contribution < 1.29 is 4.74 Å². The van der Waals surface area contributed by atoms with Crippen LogP contribution in [0.15, 0.2) is 12.1 Å². The van der Waals surface area contributed by atoms with E-state index in [-0.39, 0.29) is 0 Å². The largest absolute Gasteiger partial charge is 0.383 e. The molecule has 0 fully saturated rings. The molecule has 0 aliphatic heterocycles. The van der Waals surface area contributed by atoms with Crippen LogP contribution in [0.4, 0.5) is 0 Å². The predicted molar refractivity (Wildman–Crippen MR) is 62.2 cm³/mol. The van der Waals surface area contributed by atoms with Gasteiger partial charge in [0, 0.05) is 19.3 Å². The zero-order chi connectivity index (χ0) is 11.4. The van der Waals surface area contributed by atoms with Crippen molar-refractivity contribution in [2.24, 2.45) is 0 Å². The molecule has 0 bridgehead atoms. The van der Waals surface area contributed by atoms with Gasteiger partial charge in [-0.1, -0.05) is 0 Å². The van der Waals surface area contributed by atoms with Crippen LogP contribution in [0.2, 0.25) is 0 Å². The summed E-state index contributed by atoms with van der Waals surface area (Å²) < 4.78 is 4.95. The molecule has 5 heteroatoms. The molecular weight excluding hydrogens is 204 g/mol. The monoisotopic (exact) mass is 220 g/mol. The van der Waals surface area contributed by atoms with Crippen molar-refractivity contribution in [1.29, 1.82) is 0 Å². The Hall–Kier alpha value is -1.46. The van der Waals surface area contributed by atoms with E-state index in [2.05, 4.69) is 20.3 Å². The highest BCUT2D eigenvalue weighted by Crippen LogP contribution is 2.09. The molecule has 2 N–H and O–H groups in total. The van der Waals surface area contributed by atoms with Gasteiger partial charge in [-0.05, 0) is 19.1 Å². The van der Waals surface area contributed by atoms with E-state index in [1.54, 1.807) is 7.11 Å². The highest BCUT2D eigenvalue weighted by molar-refractivity contribution is 5.70. The number of rotatable bonds is 5. The summed E-state index contributed by atoms with van der Waals surface area (Å²) in [7, 11) is 1.69. The molecule has 86 valence electrons. The van der Waals surface area contributed by atoms with Gasteiger partial charge in [0.25, 0.3) is 0 Å². The summed E-state index contributed by atoms with van der Waals surface area (Å²) in [6.45, 7) is 4.20. The summed E-state index contributed by atoms with van der Waals surface area (Å²) >= 11 is 0. The molecule has 0 spiro atoms. The zero-order valence-electron chi connectivity index (χ0n) is 9.58. The van der Waals surface area contributed by atoms with Crippen LogP contribution in [0.1, 0.15) is 11.5 Å². The Kier molecular flexibility index (Phi) is 3.48. The Bertz CT molecular complexity index is 466. The summed E-state index contributed by atoms with van der Waals surface area (Å²) in [6, 6.07) is 3.98. The molecule has 0 aliphatic carbocycles. The van der Waals surface area contributed by atoms with E-state index in [9.17, 15) is 0 Å². The summed E-state index contributed by atoms with van der Waals surface area (Å²) in [5.41, 5.74) is 2.75. The number of pyridine rings is 1. The molecule has 0 atom stereocenters. The van der Waals surface area contributed by atoms with Gasteiger partial charge < -0.3 is 15.0 Å². The number of H-pyrrole nitrogens is 1. The fourth-order valence-corrected chi connectivity index (χ4v) is 1.50. The predicted octanol–water partition coefficient (Wildman–Crippen LogP) is 1.00. The Labute approximate surface area is 94.2 Å². The van der Waals surface area contributed by atoms with E-state index in [1.165, 1.54) is 0 Å². The lowest BCUT2D eigenvalue weighted by atomic mass is 10.4. The highest BCUT2D eigenvalue weighted by Gasteiger charge is 2.03. The molecule has 0 saturated heterocycles. The summed E-state index contributed by atoms with van der Waals surface area (Å²) in [4.78, 5) is 12.0. The van der Waals surface area contributed by atoms with E-state index in [0.29, 0.717) is 13.2 Å². The number of aryl methyl sites for hydroxylation is 1. The second-order valence-corrected chi connectivity index (χ2v) is 3.68. The second kappa shape index (κ2) is 5.05. The lowest BCUT2D eigenvalue weighted by Crippen LogP contribution is -2.19. The minimum absolute atomic E-state index is 0.706. The van der Waals surface area contributed by atoms with Gasteiger partial charge in [-0.15, -0.1) is 0 Å². The quantitative estimate of drug-likeness (QED) is 0.738. The summed E-state index contributed by atoms with van der Waals surface area (Å²) in [6.07, 6.45) is 0. The number of nitrogens with one attached hydrogen (secondary N) is 2. The van der Waals surface area contributed by atoms with Crippen LogP contribution in [-0.2, 0) is 11.3 Å². The van der Waals surface area contributed by atoms with Gasteiger partial charge in [0.05, 0.1) is 18.7 Å². The smallest absolute Gasteiger partial charge is 0.177 e. The number of hydrogen-bond donors (Lipinski definition) is 2. The fourth-order valence-electron chi connectivity index (χ4n) is 1.50. The van der Waals surface area contributed by atoms with Crippen molar-refractivity contribution in [3.05, 3.63) is 23.7 Å². The molecule has 0 amide bonds. The molecule has 2 aromatic heterocycles. The van der Waals surface area contributed by atoms with Crippen molar-refractivity contribution in [1.82, 2.24) is 20.3 Å². The molecule has 0 saturated carbocycles. The third kappa shape index (κ3) is 2.56. The molecule has 16 heavy (non-hydrogen) atoms.